The second-order valence-corrected chi connectivity index (χ2v) is 6.91. The molecule has 0 aromatic carbocycles. The standard InChI is InChI=1S/C12H17BrN2OS/c13-10-8-14-12(17-10)15-11(16)9-6-4-2-1-3-5-7-9/h8-9H,1-7H2,(H,14,15,16). The fourth-order valence-corrected chi connectivity index (χ4v) is 3.35. The van der Waals surface area contributed by atoms with Crippen LogP contribution >= 0.6 is 27.3 Å². The number of anilines is 1. The van der Waals surface area contributed by atoms with Gasteiger partial charge in [0, 0.05) is 5.92 Å². The molecule has 1 aliphatic carbocycles. The van der Waals surface area contributed by atoms with E-state index >= 15 is 0 Å². The molecule has 1 aromatic rings. The minimum Gasteiger partial charge on any atom is -0.302 e. The van der Waals surface area contributed by atoms with E-state index in [1.54, 1.807) is 6.20 Å². The minimum absolute atomic E-state index is 0.147. The smallest absolute Gasteiger partial charge is 0.229 e. The van der Waals surface area contributed by atoms with E-state index in [0.29, 0.717) is 5.13 Å². The first-order chi connectivity index (χ1) is 8.25. The SMILES string of the molecule is O=C(Nc1ncc(Br)s1)C1CCCCCCC1. The van der Waals surface area contributed by atoms with Crippen molar-refractivity contribution in [1.82, 2.24) is 4.98 Å². The first-order valence-electron chi connectivity index (χ1n) is 6.18. The Morgan fingerprint density at radius 3 is 2.53 bits per heavy atom. The molecule has 0 unspecified atom stereocenters. The number of nitrogens with one attached hydrogen (secondary N) is 1. The van der Waals surface area contributed by atoms with Gasteiger partial charge in [-0.1, -0.05) is 43.4 Å². The molecule has 0 radical (unpaired) electrons. The lowest BCUT2D eigenvalue weighted by Crippen LogP contribution is -2.23. The number of rotatable bonds is 2. The highest BCUT2D eigenvalue weighted by atomic mass is 79.9. The van der Waals surface area contributed by atoms with E-state index in [-0.39, 0.29) is 11.8 Å². The van der Waals surface area contributed by atoms with Crippen LogP contribution in [0.1, 0.15) is 44.9 Å². The molecule has 2 rings (SSSR count). The van der Waals surface area contributed by atoms with Gasteiger partial charge in [-0.3, -0.25) is 4.79 Å². The van der Waals surface area contributed by atoms with Crippen molar-refractivity contribution in [1.29, 1.82) is 0 Å². The van der Waals surface area contributed by atoms with Gasteiger partial charge in [-0.15, -0.1) is 0 Å². The van der Waals surface area contributed by atoms with Crippen LogP contribution in [-0.4, -0.2) is 10.9 Å². The Morgan fingerprint density at radius 1 is 1.29 bits per heavy atom. The number of thiazole rings is 1. The van der Waals surface area contributed by atoms with Crippen LogP contribution in [0.2, 0.25) is 0 Å². The summed E-state index contributed by atoms with van der Waals surface area (Å²) in [6, 6.07) is 0. The van der Waals surface area contributed by atoms with E-state index in [1.165, 1.54) is 43.4 Å². The highest BCUT2D eigenvalue weighted by Gasteiger charge is 2.20. The maximum absolute atomic E-state index is 12.1. The first kappa shape index (κ1) is 13.0. The summed E-state index contributed by atoms with van der Waals surface area (Å²) in [5.74, 6) is 0.326. The zero-order chi connectivity index (χ0) is 12.1. The fourth-order valence-electron chi connectivity index (χ4n) is 2.24. The van der Waals surface area contributed by atoms with Gasteiger partial charge in [-0.25, -0.2) is 4.98 Å². The molecular formula is C12H17BrN2OS. The van der Waals surface area contributed by atoms with Gasteiger partial charge in [-0.05, 0) is 28.8 Å². The molecule has 1 saturated carbocycles. The summed E-state index contributed by atoms with van der Waals surface area (Å²) in [4.78, 5) is 16.2. The van der Waals surface area contributed by atoms with Gasteiger partial charge in [0.1, 0.15) is 0 Å². The van der Waals surface area contributed by atoms with Crippen molar-refractivity contribution >= 4 is 38.3 Å². The van der Waals surface area contributed by atoms with E-state index in [2.05, 4.69) is 26.2 Å². The number of hydrogen-bond donors (Lipinski definition) is 1. The van der Waals surface area contributed by atoms with E-state index in [1.807, 2.05) is 0 Å². The largest absolute Gasteiger partial charge is 0.302 e. The monoisotopic (exact) mass is 316 g/mol. The third-order valence-corrected chi connectivity index (χ3v) is 4.58. The molecule has 0 aliphatic heterocycles. The summed E-state index contributed by atoms with van der Waals surface area (Å²) >= 11 is 4.81. The summed E-state index contributed by atoms with van der Waals surface area (Å²) in [6.07, 6.45) is 10.0. The van der Waals surface area contributed by atoms with E-state index < -0.39 is 0 Å². The quantitative estimate of drug-likeness (QED) is 0.888. The lowest BCUT2D eigenvalue weighted by atomic mass is 9.90. The average molecular weight is 317 g/mol. The van der Waals surface area contributed by atoms with Crippen molar-refractivity contribution in [3.8, 4) is 0 Å². The normalized spacial score (nSPS) is 18.4. The molecular weight excluding hydrogens is 300 g/mol. The molecule has 94 valence electrons. The van der Waals surface area contributed by atoms with Gasteiger partial charge >= 0.3 is 0 Å². The zero-order valence-electron chi connectivity index (χ0n) is 9.75. The molecule has 17 heavy (non-hydrogen) atoms. The molecule has 0 spiro atoms. The molecule has 1 aliphatic rings. The van der Waals surface area contributed by atoms with Crippen LogP contribution in [0.4, 0.5) is 5.13 Å². The van der Waals surface area contributed by atoms with Crippen LogP contribution < -0.4 is 5.32 Å². The number of hydrogen-bond acceptors (Lipinski definition) is 3. The first-order valence-corrected chi connectivity index (χ1v) is 7.79. The topological polar surface area (TPSA) is 42.0 Å². The molecule has 1 amide bonds. The molecule has 1 aromatic heterocycles. The Hall–Kier alpha value is -0.420. The Labute approximate surface area is 114 Å². The van der Waals surface area contributed by atoms with Crippen molar-refractivity contribution in [2.75, 3.05) is 5.32 Å². The fraction of sp³-hybridized carbons (Fsp3) is 0.667. The molecule has 1 fully saturated rings. The number of nitrogens with zero attached hydrogens (tertiary/aromatic N) is 1. The van der Waals surface area contributed by atoms with Crippen molar-refractivity contribution in [2.24, 2.45) is 5.92 Å². The Morgan fingerprint density at radius 2 is 1.94 bits per heavy atom. The highest BCUT2D eigenvalue weighted by molar-refractivity contribution is 9.11. The minimum atomic E-state index is 0.147. The number of aromatic nitrogens is 1. The van der Waals surface area contributed by atoms with Gasteiger partial charge in [-0.2, -0.15) is 0 Å². The van der Waals surface area contributed by atoms with Crippen LogP contribution in [0.5, 0.6) is 0 Å². The van der Waals surface area contributed by atoms with Crippen molar-refractivity contribution in [3.05, 3.63) is 9.98 Å². The van der Waals surface area contributed by atoms with Crippen molar-refractivity contribution in [3.63, 3.8) is 0 Å². The van der Waals surface area contributed by atoms with Crippen LogP contribution in [-0.2, 0) is 4.79 Å². The molecule has 0 bridgehead atoms. The van der Waals surface area contributed by atoms with Crippen LogP contribution in [0.3, 0.4) is 0 Å². The summed E-state index contributed by atoms with van der Waals surface area (Å²) in [6.45, 7) is 0. The predicted molar refractivity (Wildman–Crippen MR) is 74.3 cm³/mol. The van der Waals surface area contributed by atoms with Gasteiger partial charge in [0.15, 0.2) is 5.13 Å². The molecule has 0 atom stereocenters. The number of carbonyl (C=O) groups excluding carboxylic acids is 1. The second-order valence-electron chi connectivity index (χ2n) is 4.50. The molecule has 0 saturated heterocycles. The summed E-state index contributed by atoms with van der Waals surface area (Å²) in [5, 5.41) is 3.62. The zero-order valence-corrected chi connectivity index (χ0v) is 12.1. The average Bonchev–Trinajstić information content (AvgIpc) is 2.63. The summed E-state index contributed by atoms with van der Waals surface area (Å²) in [5.41, 5.74) is 0. The number of halogens is 1. The van der Waals surface area contributed by atoms with E-state index in [4.69, 9.17) is 0 Å². The lowest BCUT2D eigenvalue weighted by molar-refractivity contribution is -0.120. The molecule has 1 N–H and O–H groups in total. The van der Waals surface area contributed by atoms with Gasteiger partial charge in [0.05, 0.1) is 9.98 Å². The molecule has 3 nitrogen and oxygen atoms in total. The lowest BCUT2D eigenvalue weighted by Gasteiger charge is -2.18. The third-order valence-electron chi connectivity index (χ3n) is 3.18. The van der Waals surface area contributed by atoms with Crippen LogP contribution in [0.25, 0.3) is 0 Å². The number of carbonyl (C=O) groups is 1. The van der Waals surface area contributed by atoms with Crippen LogP contribution in [0, 0.1) is 5.92 Å². The Balaban J connectivity index is 1.89. The maximum Gasteiger partial charge on any atom is 0.229 e. The van der Waals surface area contributed by atoms with Gasteiger partial charge in [0.25, 0.3) is 0 Å². The van der Waals surface area contributed by atoms with Gasteiger partial charge < -0.3 is 5.32 Å². The summed E-state index contributed by atoms with van der Waals surface area (Å²) < 4.78 is 0.950. The number of amides is 1. The van der Waals surface area contributed by atoms with Crippen molar-refractivity contribution < 1.29 is 4.79 Å². The van der Waals surface area contributed by atoms with Gasteiger partial charge in [0.2, 0.25) is 5.91 Å². The molecule has 5 heteroatoms. The molecule has 1 heterocycles. The summed E-state index contributed by atoms with van der Waals surface area (Å²) in [7, 11) is 0. The van der Waals surface area contributed by atoms with Crippen molar-refractivity contribution in [2.45, 2.75) is 44.9 Å². The van der Waals surface area contributed by atoms with E-state index in [9.17, 15) is 4.79 Å². The highest BCUT2D eigenvalue weighted by Crippen LogP contribution is 2.26. The third kappa shape index (κ3) is 4.07. The maximum atomic E-state index is 12.1. The van der Waals surface area contributed by atoms with Crippen LogP contribution in [0.15, 0.2) is 9.98 Å². The predicted octanol–water partition coefficient (Wildman–Crippen LogP) is 4.20. The van der Waals surface area contributed by atoms with E-state index in [0.717, 1.165) is 16.6 Å². The Bertz CT molecular complexity index is 372. The Kier molecular flexibility index (Phi) is 4.98. The second kappa shape index (κ2) is 6.50.